The van der Waals surface area contributed by atoms with Gasteiger partial charge in [-0.3, -0.25) is 4.57 Å². The second-order valence-electron chi connectivity index (χ2n) is 3.58. The molecule has 3 rings (SSSR count). The fourth-order valence-corrected chi connectivity index (χ4v) is 2.37. The highest BCUT2D eigenvalue weighted by Crippen LogP contribution is 2.25. The predicted octanol–water partition coefficient (Wildman–Crippen LogP) is 3.78. The summed E-state index contributed by atoms with van der Waals surface area (Å²) in [7, 11) is 0. The Balaban J connectivity index is 2.29. The summed E-state index contributed by atoms with van der Waals surface area (Å²) in [5.74, 6) is 0. The number of nitrogens with zero attached hydrogens (tertiary/aromatic N) is 4. The summed E-state index contributed by atoms with van der Waals surface area (Å²) in [5, 5.41) is 1.39. The Bertz CT molecular complexity index is 718. The molecule has 1 aromatic carbocycles. The average Bonchev–Trinajstić information content (AvgIpc) is 2.73. The fraction of sp³-hybridized carbons (Fsp3) is 0. The van der Waals surface area contributed by atoms with Crippen molar-refractivity contribution in [1.29, 1.82) is 0 Å². The van der Waals surface area contributed by atoms with Gasteiger partial charge in [0.1, 0.15) is 18.2 Å². The highest BCUT2D eigenvalue weighted by molar-refractivity contribution is 6.35. The number of hydrogen-bond acceptors (Lipinski definition) is 3. The molecule has 2 heterocycles. The van der Waals surface area contributed by atoms with Crippen LogP contribution in [0.1, 0.15) is 0 Å². The first-order chi connectivity index (χ1) is 8.65. The number of imidazole rings is 1. The lowest BCUT2D eigenvalue weighted by atomic mass is 10.3. The topological polar surface area (TPSA) is 43.6 Å². The van der Waals surface area contributed by atoms with Crippen molar-refractivity contribution in [3.8, 4) is 5.69 Å². The van der Waals surface area contributed by atoms with E-state index in [0.717, 1.165) is 5.69 Å². The lowest BCUT2D eigenvalue weighted by Gasteiger charge is -2.04. The molecule has 4 nitrogen and oxygen atoms in total. The van der Waals surface area contributed by atoms with Crippen molar-refractivity contribution >= 4 is 46.0 Å². The van der Waals surface area contributed by atoms with Crippen LogP contribution in [0.2, 0.25) is 15.2 Å². The average molecular weight is 300 g/mol. The van der Waals surface area contributed by atoms with E-state index in [4.69, 9.17) is 34.8 Å². The Hall–Kier alpha value is -1.36. The molecule has 0 N–H and O–H groups in total. The number of rotatable bonds is 1. The molecule has 0 amide bonds. The Morgan fingerprint density at radius 2 is 1.61 bits per heavy atom. The minimum Gasteiger partial charge on any atom is -0.283 e. The Kier molecular flexibility index (Phi) is 2.86. The first-order valence-electron chi connectivity index (χ1n) is 4.95. The number of fused-ring (bicyclic) bond motifs is 1. The number of aromatic nitrogens is 4. The van der Waals surface area contributed by atoms with Gasteiger partial charge in [-0.1, -0.05) is 34.8 Å². The van der Waals surface area contributed by atoms with Crippen LogP contribution in [0.5, 0.6) is 0 Å². The van der Waals surface area contributed by atoms with Crippen LogP contribution in [0.4, 0.5) is 0 Å². The molecular weight excluding hydrogens is 295 g/mol. The third-order valence-corrected chi connectivity index (χ3v) is 3.13. The summed E-state index contributed by atoms with van der Waals surface area (Å²) >= 11 is 17.9. The van der Waals surface area contributed by atoms with E-state index in [2.05, 4.69) is 15.0 Å². The van der Waals surface area contributed by atoms with E-state index in [-0.39, 0.29) is 0 Å². The maximum absolute atomic E-state index is 5.97. The van der Waals surface area contributed by atoms with Gasteiger partial charge in [0, 0.05) is 10.0 Å². The summed E-state index contributed by atoms with van der Waals surface area (Å²) in [6.07, 6.45) is 2.99. The summed E-state index contributed by atoms with van der Waals surface area (Å²) < 4.78 is 1.75. The maximum Gasteiger partial charge on any atom is 0.169 e. The molecule has 0 radical (unpaired) electrons. The van der Waals surface area contributed by atoms with Crippen molar-refractivity contribution in [3.05, 3.63) is 46.1 Å². The molecule has 0 atom stereocenters. The maximum atomic E-state index is 5.97. The SMILES string of the molecule is Clc1cc(Cl)cc(-n2cnc3c(Cl)ncnc32)c1. The van der Waals surface area contributed by atoms with E-state index in [1.54, 1.807) is 29.1 Å². The van der Waals surface area contributed by atoms with E-state index < -0.39 is 0 Å². The van der Waals surface area contributed by atoms with Gasteiger partial charge in [0.15, 0.2) is 10.8 Å². The first-order valence-corrected chi connectivity index (χ1v) is 6.08. The van der Waals surface area contributed by atoms with Gasteiger partial charge < -0.3 is 0 Å². The molecule has 0 bridgehead atoms. The molecular formula is C11H5Cl3N4. The van der Waals surface area contributed by atoms with E-state index in [9.17, 15) is 0 Å². The zero-order valence-corrected chi connectivity index (χ0v) is 11.1. The summed E-state index contributed by atoms with van der Waals surface area (Å²) in [5.41, 5.74) is 1.91. The van der Waals surface area contributed by atoms with Crippen molar-refractivity contribution in [2.75, 3.05) is 0 Å². The van der Waals surface area contributed by atoms with Gasteiger partial charge in [-0.15, -0.1) is 0 Å². The monoisotopic (exact) mass is 298 g/mol. The van der Waals surface area contributed by atoms with Crippen LogP contribution in [0.3, 0.4) is 0 Å². The zero-order chi connectivity index (χ0) is 12.7. The molecule has 0 fully saturated rings. The lowest BCUT2D eigenvalue weighted by Crippen LogP contribution is -1.94. The van der Waals surface area contributed by atoms with E-state index >= 15 is 0 Å². The van der Waals surface area contributed by atoms with Gasteiger partial charge in [0.25, 0.3) is 0 Å². The molecule has 0 spiro atoms. The first kappa shape index (κ1) is 11.7. The van der Waals surface area contributed by atoms with E-state index in [1.165, 1.54) is 6.33 Å². The van der Waals surface area contributed by atoms with Crippen molar-refractivity contribution in [2.24, 2.45) is 0 Å². The molecule has 0 aliphatic rings. The molecule has 90 valence electrons. The van der Waals surface area contributed by atoms with Crippen LogP contribution in [0.25, 0.3) is 16.9 Å². The fourth-order valence-electron chi connectivity index (χ4n) is 1.67. The molecule has 3 aromatic rings. The molecule has 0 saturated heterocycles. The van der Waals surface area contributed by atoms with Crippen molar-refractivity contribution in [1.82, 2.24) is 19.5 Å². The van der Waals surface area contributed by atoms with Crippen LogP contribution in [-0.4, -0.2) is 19.5 Å². The minimum atomic E-state index is 0.312. The van der Waals surface area contributed by atoms with Crippen LogP contribution in [-0.2, 0) is 0 Å². The predicted molar refractivity (Wildman–Crippen MR) is 71.7 cm³/mol. The smallest absolute Gasteiger partial charge is 0.169 e. The lowest BCUT2D eigenvalue weighted by molar-refractivity contribution is 1.06. The van der Waals surface area contributed by atoms with E-state index in [1.807, 2.05) is 0 Å². The van der Waals surface area contributed by atoms with Gasteiger partial charge >= 0.3 is 0 Å². The summed E-state index contributed by atoms with van der Waals surface area (Å²) in [6.45, 7) is 0. The second-order valence-corrected chi connectivity index (χ2v) is 4.81. The molecule has 7 heteroatoms. The third-order valence-electron chi connectivity index (χ3n) is 2.41. The Morgan fingerprint density at radius 1 is 0.889 bits per heavy atom. The molecule has 0 saturated carbocycles. The summed E-state index contributed by atoms with van der Waals surface area (Å²) in [4.78, 5) is 12.2. The largest absolute Gasteiger partial charge is 0.283 e. The van der Waals surface area contributed by atoms with Gasteiger partial charge in [-0.05, 0) is 18.2 Å². The minimum absolute atomic E-state index is 0.312. The second kappa shape index (κ2) is 4.39. The van der Waals surface area contributed by atoms with Gasteiger partial charge in [0.05, 0.1) is 5.69 Å². The number of halogens is 3. The molecule has 0 unspecified atom stereocenters. The normalized spacial score (nSPS) is 11.1. The molecule has 18 heavy (non-hydrogen) atoms. The highest BCUT2D eigenvalue weighted by atomic mass is 35.5. The van der Waals surface area contributed by atoms with Crippen LogP contribution in [0, 0.1) is 0 Å². The quantitative estimate of drug-likeness (QED) is 0.642. The Morgan fingerprint density at radius 3 is 2.33 bits per heavy atom. The van der Waals surface area contributed by atoms with Gasteiger partial charge in [-0.2, -0.15) is 0 Å². The molecule has 0 aliphatic heterocycles. The third kappa shape index (κ3) is 1.92. The highest BCUT2D eigenvalue weighted by Gasteiger charge is 2.10. The van der Waals surface area contributed by atoms with Crippen LogP contribution >= 0.6 is 34.8 Å². The van der Waals surface area contributed by atoms with Crippen LogP contribution in [0.15, 0.2) is 30.9 Å². The van der Waals surface area contributed by atoms with Gasteiger partial charge in [0.2, 0.25) is 0 Å². The number of hydrogen-bond donors (Lipinski definition) is 0. The van der Waals surface area contributed by atoms with Crippen LogP contribution < -0.4 is 0 Å². The zero-order valence-electron chi connectivity index (χ0n) is 8.81. The molecule has 0 aliphatic carbocycles. The van der Waals surface area contributed by atoms with Gasteiger partial charge in [-0.25, -0.2) is 15.0 Å². The van der Waals surface area contributed by atoms with Crippen molar-refractivity contribution in [2.45, 2.75) is 0 Å². The number of benzene rings is 1. The van der Waals surface area contributed by atoms with Crippen molar-refractivity contribution < 1.29 is 0 Å². The standard InChI is InChI=1S/C11H5Cl3N4/c12-6-1-7(13)3-8(2-6)18-5-17-9-10(14)15-4-16-11(9)18/h1-5H. The van der Waals surface area contributed by atoms with E-state index in [0.29, 0.717) is 26.4 Å². The van der Waals surface area contributed by atoms with Crippen molar-refractivity contribution in [3.63, 3.8) is 0 Å². The Labute approximate surface area is 117 Å². The molecule has 2 aromatic heterocycles. The summed E-state index contributed by atoms with van der Waals surface area (Å²) in [6, 6.07) is 5.20.